The lowest BCUT2D eigenvalue weighted by molar-refractivity contribution is 0.181. The van der Waals surface area contributed by atoms with E-state index >= 15 is 0 Å². The van der Waals surface area contributed by atoms with Gasteiger partial charge in [-0.05, 0) is 98.4 Å². The van der Waals surface area contributed by atoms with Crippen molar-refractivity contribution in [1.82, 2.24) is 9.88 Å². The molecule has 1 saturated heterocycles. The van der Waals surface area contributed by atoms with Crippen molar-refractivity contribution in [3.63, 3.8) is 0 Å². The molecule has 2 nitrogen and oxygen atoms in total. The van der Waals surface area contributed by atoms with Gasteiger partial charge in [0.1, 0.15) is 11.6 Å². The third-order valence-corrected chi connectivity index (χ3v) is 7.20. The van der Waals surface area contributed by atoms with Gasteiger partial charge in [-0.25, -0.2) is 8.78 Å². The lowest BCUT2D eigenvalue weighted by Gasteiger charge is -2.39. The molecule has 3 aromatic rings. The summed E-state index contributed by atoms with van der Waals surface area (Å²) in [4.78, 5) is 7.07. The average molecular weight is 431 g/mol. The minimum Gasteiger partial charge on any atom is -0.303 e. The SMILES string of the molecule is Fc1ccc(C(CCCN2CCC3(C=Cc4ncccc43)CC2)c2ccc(F)cc2)cc1. The van der Waals surface area contributed by atoms with Crippen molar-refractivity contribution in [2.45, 2.75) is 37.0 Å². The number of likely N-dealkylation sites (tertiary alicyclic amines) is 1. The summed E-state index contributed by atoms with van der Waals surface area (Å²) in [6, 6.07) is 17.7. The lowest BCUT2D eigenvalue weighted by Crippen LogP contribution is -2.41. The Morgan fingerprint density at radius 2 is 1.50 bits per heavy atom. The number of aromatic nitrogens is 1. The van der Waals surface area contributed by atoms with Gasteiger partial charge in [0.2, 0.25) is 0 Å². The number of rotatable bonds is 6. The van der Waals surface area contributed by atoms with E-state index in [0.717, 1.165) is 62.1 Å². The Balaban J connectivity index is 1.21. The summed E-state index contributed by atoms with van der Waals surface area (Å²) in [6.45, 7) is 3.20. The Kier molecular flexibility index (Phi) is 5.88. The maximum atomic E-state index is 13.5. The Labute approximate surface area is 188 Å². The van der Waals surface area contributed by atoms with Crippen LogP contribution >= 0.6 is 0 Å². The van der Waals surface area contributed by atoms with Crippen LogP contribution in [0.5, 0.6) is 0 Å². The van der Waals surface area contributed by atoms with E-state index in [9.17, 15) is 8.78 Å². The average Bonchev–Trinajstić information content (AvgIpc) is 3.18. The number of allylic oxidation sites excluding steroid dienone is 1. The first-order valence-electron chi connectivity index (χ1n) is 11.5. The molecule has 1 aliphatic carbocycles. The molecule has 2 heterocycles. The van der Waals surface area contributed by atoms with Crippen LogP contribution < -0.4 is 0 Å². The second kappa shape index (κ2) is 8.95. The van der Waals surface area contributed by atoms with Crippen molar-refractivity contribution in [3.05, 3.63) is 107 Å². The van der Waals surface area contributed by atoms with Crippen LogP contribution in [0.4, 0.5) is 8.78 Å². The molecule has 4 heteroatoms. The molecule has 32 heavy (non-hydrogen) atoms. The van der Waals surface area contributed by atoms with E-state index in [4.69, 9.17) is 0 Å². The number of hydrogen-bond acceptors (Lipinski definition) is 2. The fourth-order valence-corrected chi connectivity index (χ4v) is 5.35. The Hall–Kier alpha value is -2.85. The third kappa shape index (κ3) is 4.24. The van der Waals surface area contributed by atoms with Crippen molar-refractivity contribution in [2.75, 3.05) is 19.6 Å². The smallest absolute Gasteiger partial charge is 0.123 e. The molecule has 1 spiro atoms. The molecule has 2 aromatic carbocycles. The highest BCUT2D eigenvalue weighted by atomic mass is 19.1. The summed E-state index contributed by atoms with van der Waals surface area (Å²) in [7, 11) is 0. The molecule has 1 aliphatic heterocycles. The van der Waals surface area contributed by atoms with Crippen molar-refractivity contribution >= 4 is 6.08 Å². The van der Waals surface area contributed by atoms with Gasteiger partial charge in [-0.1, -0.05) is 36.4 Å². The molecule has 0 amide bonds. The van der Waals surface area contributed by atoms with E-state index in [1.54, 1.807) is 0 Å². The zero-order valence-corrected chi connectivity index (χ0v) is 18.2. The van der Waals surface area contributed by atoms with Crippen LogP contribution in [0.3, 0.4) is 0 Å². The quantitative estimate of drug-likeness (QED) is 0.454. The molecule has 0 bridgehead atoms. The fourth-order valence-electron chi connectivity index (χ4n) is 5.35. The molecule has 0 N–H and O–H groups in total. The van der Waals surface area contributed by atoms with Crippen LogP contribution in [0.1, 0.15) is 54.0 Å². The van der Waals surface area contributed by atoms with Crippen molar-refractivity contribution in [3.8, 4) is 0 Å². The lowest BCUT2D eigenvalue weighted by atomic mass is 9.75. The second-order valence-corrected chi connectivity index (χ2v) is 9.07. The van der Waals surface area contributed by atoms with Gasteiger partial charge in [-0.15, -0.1) is 0 Å². The number of piperidine rings is 1. The molecule has 5 rings (SSSR count). The number of halogens is 2. The van der Waals surface area contributed by atoms with Gasteiger partial charge in [0, 0.05) is 17.5 Å². The monoisotopic (exact) mass is 430 g/mol. The topological polar surface area (TPSA) is 16.1 Å². The molecular formula is C28H28F2N2. The van der Waals surface area contributed by atoms with Gasteiger partial charge in [-0.2, -0.15) is 0 Å². The fraction of sp³-hybridized carbons (Fsp3) is 0.321. The molecule has 0 atom stereocenters. The van der Waals surface area contributed by atoms with Crippen molar-refractivity contribution in [2.24, 2.45) is 0 Å². The molecule has 2 aliphatic rings. The summed E-state index contributed by atoms with van der Waals surface area (Å²) in [5.41, 5.74) is 4.83. The minimum atomic E-state index is -0.230. The summed E-state index contributed by atoms with van der Waals surface area (Å²) in [5, 5.41) is 0. The zero-order chi connectivity index (χ0) is 22.0. The Morgan fingerprint density at radius 3 is 2.12 bits per heavy atom. The second-order valence-electron chi connectivity index (χ2n) is 9.07. The van der Waals surface area contributed by atoms with E-state index in [1.165, 1.54) is 29.8 Å². The third-order valence-electron chi connectivity index (χ3n) is 7.20. The number of benzene rings is 2. The predicted molar refractivity (Wildman–Crippen MR) is 125 cm³/mol. The van der Waals surface area contributed by atoms with Crippen LogP contribution in [0.25, 0.3) is 6.08 Å². The first-order valence-corrected chi connectivity index (χ1v) is 11.5. The molecule has 164 valence electrons. The van der Waals surface area contributed by atoms with Gasteiger partial charge in [0.15, 0.2) is 0 Å². The highest BCUT2D eigenvalue weighted by Gasteiger charge is 2.38. The summed E-state index contributed by atoms with van der Waals surface area (Å²) in [6.07, 6.45) is 10.7. The van der Waals surface area contributed by atoms with E-state index < -0.39 is 0 Å². The minimum absolute atomic E-state index is 0.142. The van der Waals surface area contributed by atoms with Gasteiger partial charge >= 0.3 is 0 Å². The molecule has 1 fully saturated rings. The largest absolute Gasteiger partial charge is 0.303 e. The van der Waals surface area contributed by atoms with E-state index in [1.807, 2.05) is 36.5 Å². The number of nitrogens with zero attached hydrogens (tertiary/aromatic N) is 2. The summed E-state index contributed by atoms with van der Waals surface area (Å²) < 4.78 is 26.9. The molecule has 0 saturated carbocycles. The van der Waals surface area contributed by atoms with E-state index in [2.05, 4.69) is 28.1 Å². The van der Waals surface area contributed by atoms with Crippen LogP contribution in [0.2, 0.25) is 0 Å². The van der Waals surface area contributed by atoms with Gasteiger partial charge < -0.3 is 4.90 Å². The first-order chi connectivity index (χ1) is 15.6. The summed E-state index contributed by atoms with van der Waals surface area (Å²) >= 11 is 0. The van der Waals surface area contributed by atoms with Crippen LogP contribution in [0.15, 0.2) is 72.9 Å². The van der Waals surface area contributed by atoms with Crippen molar-refractivity contribution < 1.29 is 8.78 Å². The number of pyridine rings is 1. The number of fused-ring (bicyclic) bond motifs is 2. The zero-order valence-electron chi connectivity index (χ0n) is 18.2. The van der Waals surface area contributed by atoms with Crippen LogP contribution in [0, 0.1) is 11.6 Å². The Bertz CT molecular complexity index is 1040. The summed E-state index contributed by atoms with van der Waals surface area (Å²) in [5.74, 6) is -0.318. The van der Waals surface area contributed by atoms with E-state index in [0.29, 0.717) is 0 Å². The maximum absolute atomic E-state index is 13.5. The predicted octanol–water partition coefficient (Wildman–Crippen LogP) is 6.33. The standard InChI is InChI=1S/C28H28F2N2/c29-23-9-5-21(6-10-23)25(22-7-11-24(30)12-8-22)3-2-18-32-19-15-28(16-20-32)14-13-27-26(28)4-1-17-31-27/h1,4-14,17,25H,2-3,15-16,18-20H2. The molecule has 1 aromatic heterocycles. The van der Waals surface area contributed by atoms with Gasteiger partial charge in [0.05, 0.1) is 5.69 Å². The van der Waals surface area contributed by atoms with Crippen LogP contribution in [-0.2, 0) is 5.41 Å². The highest BCUT2D eigenvalue weighted by molar-refractivity contribution is 5.62. The normalized spacial score (nSPS) is 17.2. The number of hydrogen-bond donors (Lipinski definition) is 0. The maximum Gasteiger partial charge on any atom is 0.123 e. The van der Waals surface area contributed by atoms with Gasteiger partial charge in [-0.3, -0.25) is 4.98 Å². The Morgan fingerprint density at radius 1 is 0.875 bits per heavy atom. The molecule has 0 unspecified atom stereocenters. The highest BCUT2D eigenvalue weighted by Crippen LogP contribution is 2.43. The molecule has 0 radical (unpaired) electrons. The van der Waals surface area contributed by atoms with Gasteiger partial charge in [0.25, 0.3) is 0 Å². The first kappa shape index (κ1) is 21.0. The molecular weight excluding hydrogens is 402 g/mol. The van der Waals surface area contributed by atoms with E-state index in [-0.39, 0.29) is 23.0 Å². The van der Waals surface area contributed by atoms with Crippen LogP contribution in [-0.4, -0.2) is 29.5 Å². The van der Waals surface area contributed by atoms with Crippen molar-refractivity contribution in [1.29, 1.82) is 0 Å².